The van der Waals surface area contributed by atoms with Crippen molar-refractivity contribution in [1.82, 2.24) is 0 Å². The van der Waals surface area contributed by atoms with Crippen molar-refractivity contribution in [2.75, 3.05) is 14.2 Å². The average molecular weight is 533 g/mol. The van der Waals surface area contributed by atoms with Gasteiger partial charge in [-0.25, -0.2) is 8.78 Å². The van der Waals surface area contributed by atoms with Crippen LogP contribution in [0.2, 0.25) is 0 Å². The van der Waals surface area contributed by atoms with Gasteiger partial charge in [0.15, 0.2) is 0 Å². The number of methoxy groups -OCH3 is 2. The zero-order chi connectivity index (χ0) is 28.2. The Morgan fingerprint density at radius 2 is 1.07 bits per heavy atom. The van der Waals surface area contributed by atoms with Gasteiger partial charge in [0.25, 0.3) is 0 Å². The molecule has 0 aromatic heterocycles. The third kappa shape index (κ3) is 5.81. The summed E-state index contributed by atoms with van der Waals surface area (Å²) in [5.74, 6) is 0.769. The molecule has 2 nitrogen and oxygen atoms in total. The van der Waals surface area contributed by atoms with Gasteiger partial charge in [0, 0.05) is 11.1 Å². The van der Waals surface area contributed by atoms with E-state index in [2.05, 4.69) is 43.3 Å². The number of halogens is 2. The molecule has 0 fully saturated rings. The van der Waals surface area contributed by atoms with Gasteiger partial charge < -0.3 is 9.47 Å². The maximum absolute atomic E-state index is 13.9. The van der Waals surface area contributed by atoms with Gasteiger partial charge >= 0.3 is 0 Å². The summed E-state index contributed by atoms with van der Waals surface area (Å²) >= 11 is 0. The summed E-state index contributed by atoms with van der Waals surface area (Å²) in [6, 6.07) is 29.5. The Morgan fingerprint density at radius 3 is 1.68 bits per heavy atom. The van der Waals surface area contributed by atoms with Crippen molar-refractivity contribution >= 4 is 34.1 Å². The zero-order valence-electron chi connectivity index (χ0n) is 23.0. The highest BCUT2D eigenvalue weighted by Crippen LogP contribution is 2.36. The highest BCUT2D eigenvalue weighted by atomic mass is 19.1. The molecule has 5 aromatic rings. The van der Waals surface area contributed by atoms with Gasteiger partial charge in [-0.05, 0) is 107 Å². The Hall–Kier alpha value is -4.70. The second-order valence-corrected chi connectivity index (χ2v) is 9.80. The molecule has 200 valence electrons. The van der Waals surface area contributed by atoms with Crippen molar-refractivity contribution in [1.29, 1.82) is 0 Å². The Bertz CT molecular complexity index is 1730. The Kier molecular flexibility index (Phi) is 7.79. The molecule has 40 heavy (non-hydrogen) atoms. The van der Waals surface area contributed by atoms with Gasteiger partial charge in [-0.2, -0.15) is 0 Å². The summed E-state index contributed by atoms with van der Waals surface area (Å²) in [5.41, 5.74) is 7.54. The smallest absolute Gasteiger partial charge is 0.126 e. The third-order valence-electron chi connectivity index (χ3n) is 7.02. The second kappa shape index (κ2) is 11.6. The fraction of sp³-hybridized carbons (Fsp3) is 0.111. The molecule has 4 heteroatoms. The maximum Gasteiger partial charge on any atom is 0.126 e. The molecule has 0 unspecified atom stereocenters. The molecule has 5 aromatic carbocycles. The van der Waals surface area contributed by atoms with E-state index >= 15 is 0 Å². The van der Waals surface area contributed by atoms with E-state index in [-0.39, 0.29) is 11.6 Å². The molecule has 0 saturated carbocycles. The van der Waals surface area contributed by atoms with E-state index in [4.69, 9.17) is 9.47 Å². The number of benzene rings is 5. The summed E-state index contributed by atoms with van der Waals surface area (Å²) in [7, 11) is 3.27. The molecule has 0 aliphatic carbocycles. The minimum Gasteiger partial charge on any atom is -0.496 e. The van der Waals surface area contributed by atoms with Crippen molar-refractivity contribution in [3.8, 4) is 11.5 Å². The predicted molar refractivity (Wildman–Crippen MR) is 162 cm³/mol. The van der Waals surface area contributed by atoms with Gasteiger partial charge in [-0.15, -0.1) is 0 Å². The van der Waals surface area contributed by atoms with Crippen molar-refractivity contribution in [3.63, 3.8) is 0 Å². The highest BCUT2D eigenvalue weighted by molar-refractivity contribution is 5.96. The predicted octanol–water partition coefficient (Wildman–Crippen LogP) is 9.59. The van der Waals surface area contributed by atoms with Crippen LogP contribution in [0.25, 0.3) is 34.1 Å². The summed E-state index contributed by atoms with van der Waals surface area (Å²) < 4.78 is 38.9. The maximum atomic E-state index is 13.9. The lowest BCUT2D eigenvalue weighted by atomic mass is 9.93. The standard InChI is InChI=1S/C36H30F2O2/c1-23-5-6-28-19-29(8-7-27(28)17-23)34(26-11-15-33(38)16-12-26)20-31-22-35(39-3)30(21-36(31)40-4)18-24(2)25-9-13-32(37)14-10-25/h5-22H,1-4H3. The average Bonchev–Trinajstić information content (AvgIpc) is 2.96. The minimum atomic E-state index is -0.288. The lowest BCUT2D eigenvalue weighted by molar-refractivity contribution is 0.401. The third-order valence-corrected chi connectivity index (χ3v) is 7.02. The van der Waals surface area contributed by atoms with Gasteiger partial charge in [-0.1, -0.05) is 60.2 Å². The number of allylic oxidation sites excluding steroid dienone is 1. The summed E-state index contributed by atoms with van der Waals surface area (Å²) in [6.45, 7) is 4.05. The number of ether oxygens (including phenoxy) is 2. The molecule has 0 amide bonds. The molecule has 0 N–H and O–H groups in total. The fourth-order valence-corrected chi connectivity index (χ4v) is 4.85. The molecular weight excluding hydrogens is 502 g/mol. The van der Waals surface area contributed by atoms with Crippen molar-refractivity contribution < 1.29 is 18.3 Å². The van der Waals surface area contributed by atoms with E-state index in [1.807, 2.05) is 31.2 Å². The monoisotopic (exact) mass is 532 g/mol. The fourth-order valence-electron chi connectivity index (χ4n) is 4.85. The molecule has 0 saturated heterocycles. The molecule has 0 aliphatic rings. The molecule has 0 aliphatic heterocycles. The Labute approximate surface area is 233 Å². The topological polar surface area (TPSA) is 18.5 Å². The van der Waals surface area contributed by atoms with Gasteiger partial charge in [0.2, 0.25) is 0 Å². The van der Waals surface area contributed by atoms with E-state index in [1.54, 1.807) is 38.5 Å². The van der Waals surface area contributed by atoms with Crippen molar-refractivity contribution in [3.05, 3.63) is 142 Å². The Balaban J connectivity index is 1.65. The van der Waals surface area contributed by atoms with Crippen LogP contribution in [0, 0.1) is 18.6 Å². The first-order chi connectivity index (χ1) is 19.3. The van der Waals surface area contributed by atoms with E-state index in [0.29, 0.717) is 11.5 Å². The van der Waals surface area contributed by atoms with Crippen LogP contribution in [-0.4, -0.2) is 14.2 Å². The zero-order valence-corrected chi connectivity index (χ0v) is 23.0. The first kappa shape index (κ1) is 26.9. The number of rotatable bonds is 7. The van der Waals surface area contributed by atoms with Crippen LogP contribution < -0.4 is 9.47 Å². The molecule has 0 spiro atoms. The number of fused-ring (bicyclic) bond motifs is 1. The van der Waals surface area contributed by atoms with E-state index in [0.717, 1.165) is 49.7 Å². The van der Waals surface area contributed by atoms with Crippen LogP contribution in [0.15, 0.2) is 97.1 Å². The van der Waals surface area contributed by atoms with Crippen LogP contribution in [0.1, 0.15) is 40.3 Å². The molecule has 0 bridgehead atoms. The normalized spacial score (nSPS) is 12.1. The second-order valence-electron chi connectivity index (χ2n) is 9.80. The summed E-state index contributed by atoms with van der Waals surface area (Å²) in [5, 5.41) is 2.28. The first-order valence-electron chi connectivity index (χ1n) is 13.0. The van der Waals surface area contributed by atoms with E-state index < -0.39 is 0 Å². The van der Waals surface area contributed by atoms with Crippen molar-refractivity contribution in [2.45, 2.75) is 13.8 Å². The lowest BCUT2D eigenvalue weighted by Gasteiger charge is -2.15. The molecule has 0 radical (unpaired) electrons. The first-order valence-corrected chi connectivity index (χ1v) is 13.0. The van der Waals surface area contributed by atoms with Crippen LogP contribution in [0.5, 0.6) is 11.5 Å². The van der Waals surface area contributed by atoms with Crippen LogP contribution in [-0.2, 0) is 0 Å². The number of aryl methyl sites for hydroxylation is 1. The lowest BCUT2D eigenvalue weighted by Crippen LogP contribution is -1.95. The molecular formula is C36H30F2O2. The number of hydrogen-bond donors (Lipinski definition) is 0. The van der Waals surface area contributed by atoms with Gasteiger partial charge in [0.05, 0.1) is 14.2 Å². The summed E-state index contributed by atoms with van der Waals surface area (Å²) in [6.07, 6.45) is 4.04. The van der Waals surface area contributed by atoms with Crippen LogP contribution in [0.4, 0.5) is 8.78 Å². The largest absolute Gasteiger partial charge is 0.496 e. The molecule has 5 rings (SSSR count). The molecule has 0 heterocycles. The van der Waals surface area contributed by atoms with Gasteiger partial charge in [-0.3, -0.25) is 0 Å². The molecule has 0 atom stereocenters. The van der Waals surface area contributed by atoms with E-state index in [1.165, 1.54) is 29.8 Å². The van der Waals surface area contributed by atoms with Crippen LogP contribution >= 0.6 is 0 Å². The van der Waals surface area contributed by atoms with Crippen molar-refractivity contribution in [2.24, 2.45) is 0 Å². The summed E-state index contributed by atoms with van der Waals surface area (Å²) in [4.78, 5) is 0. The number of hydrogen-bond acceptors (Lipinski definition) is 2. The SMILES string of the molecule is COc1cc(C=C(c2ccc(F)cc2)c2ccc3cc(C)ccc3c2)c(OC)cc1C=C(C)c1ccc(F)cc1. The highest BCUT2D eigenvalue weighted by Gasteiger charge is 2.13. The van der Waals surface area contributed by atoms with E-state index in [9.17, 15) is 8.78 Å². The quantitative estimate of drug-likeness (QED) is 0.194. The minimum absolute atomic E-state index is 0.273. The Morgan fingerprint density at radius 1 is 0.575 bits per heavy atom. The van der Waals surface area contributed by atoms with Crippen LogP contribution in [0.3, 0.4) is 0 Å². The van der Waals surface area contributed by atoms with Gasteiger partial charge in [0.1, 0.15) is 23.1 Å².